The molecular weight excluding hydrogens is 393 g/mol. The summed E-state index contributed by atoms with van der Waals surface area (Å²) in [4.78, 5) is 25.6. The molecule has 0 saturated carbocycles. The first-order valence-electron chi connectivity index (χ1n) is 9.63. The van der Waals surface area contributed by atoms with E-state index in [9.17, 15) is 9.59 Å². The Hall–Kier alpha value is -3.33. The van der Waals surface area contributed by atoms with Crippen molar-refractivity contribution >= 4 is 22.7 Å². The monoisotopic (exact) mass is 413 g/mol. The lowest BCUT2D eigenvalue weighted by atomic mass is 9.85. The minimum Gasteiger partial charge on any atom is -0.487 e. The third-order valence-electron chi connectivity index (χ3n) is 6.06. The van der Waals surface area contributed by atoms with Crippen LogP contribution in [0.5, 0.6) is 11.5 Å². The fourth-order valence-electron chi connectivity index (χ4n) is 4.59. The number of aromatic nitrogens is 1. The van der Waals surface area contributed by atoms with Crippen molar-refractivity contribution in [1.82, 2.24) is 4.57 Å². The van der Waals surface area contributed by atoms with Crippen molar-refractivity contribution < 1.29 is 23.8 Å². The second-order valence-corrected chi connectivity index (χ2v) is 8.03. The second-order valence-electron chi connectivity index (χ2n) is 8.03. The molecular formula is C21H20FN3O5. The number of benzene rings is 1. The van der Waals surface area contributed by atoms with Crippen molar-refractivity contribution in [2.45, 2.75) is 18.5 Å². The molecule has 9 heteroatoms. The molecule has 2 aromatic rings. The van der Waals surface area contributed by atoms with Crippen LogP contribution < -0.4 is 25.5 Å². The van der Waals surface area contributed by atoms with Gasteiger partial charge in [-0.3, -0.25) is 4.79 Å². The predicted molar refractivity (Wildman–Crippen MR) is 108 cm³/mol. The fourth-order valence-corrected chi connectivity index (χ4v) is 4.59. The molecule has 3 N–H and O–H groups in total. The van der Waals surface area contributed by atoms with E-state index < -0.39 is 22.9 Å². The van der Waals surface area contributed by atoms with Gasteiger partial charge in [-0.15, -0.1) is 0 Å². The van der Waals surface area contributed by atoms with E-state index in [0.717, 1.165) is 6.07 Å². The summed E-state index contributed by atoms with van der Waals surface area (Å²) >= 11 is 0. The van der Waals surface area contributed by atoms with Crippen molar-refractivity contribution in [3.63, 3.8) is 0 Å². The van der Waals surface area contributed by atoms with Gasteiger partial charge < -0.3 is 29.8 Å². The minimum atomic E-state index is -1.61. The summed E-state index contributed by atoms with van der Waals surface area (Å²) in [6.07, 6.45) is 7.50. The smallest absolute Gasteiger partial charge is 0.487 e. The lowest BCUT2D eigenvalue weighted by Gasteiger charge is -2.31. The number of fused-ring (bicyclic) bond motifs is 1. The Morgan fingerprint density at radius 2 is 2.23 bits per heavy atom. The number of hydrogen-bond donors (Lipinski definition) is 2. The normalized spacial score (nSPS) is 26.6. The number of carboxylic acid groups (broad SMARTS) is 1. The topological polar surface area (TPSA) is 107 Å². The Balaban J connectivity index is 1.72. The number of pyridine rings is 1. The largest absolute Gasteiger partial charge is 0.511 e. The third kappa shape index (κ3) is 2.62. The number of rotatable bonds is 2. The van der Waals surface area contributed by atoms with Crippen molar-refractivity contribution in [3.8, 4) is 11.5 Å². The van der Waals surface area contributed by atoms with Crippen molar-refractivity contribution in [3.05, 3.63) is 52.6 Å². The van der Waals surface area contributed by atoms with Crippen molar-refractivity contribution in [2.75, 3.05) is 24.6 Å². The molecule has 0 spiro atoms. The molecule has 8 nitrogen and oxygen atoms in total. The Bertz CT molecular complexity index is 1200. The zero-order valence-corrected chi connectivity index (χ0v) is 16.2. The number of carbonyl (C=O) groups is 1. The van der Waals surface area contributed by atoms with E-state index in [2.05, 4.69) is 4.74 Å². The molecule has 5 rings (SSSR count). The maximum Gasteiger partial charge on any atom is 0.511 e. The van der Waals surface area contributed by atoms with Crippen molar-refractivity contribution in [2.24, 2.45) is 11.7 Å². The Morgan fingerprint density at radius 1 is 1.43 bits per heavy atom. The molecule has 3 aliphatic rings. The van der Waals surface area contributed by atoms with Crippen LogP contribution in [0.2, 0.25) is 0 Å². The molecule has 0 radical (unpaired) electrons. The average molecular weight is 413 g/mol. The van der Waals surface area contributed by atoms with Gasteiger partial charge in [-0.2, -0.15) is 0 Å². The van der Waals surface area contributed by atoms with Crippen LogP contribution in [0.1, 0.15) is 13.0 Å². The van der Waals surface area contributed by atoms with Crippen LogP contribution in [0.25, 0.3) is 10.9 Å². The summed E-state index contributed by atoms with van der Waals surface area (Å²) in [5.41, 5.74) is 5.90. The first-order valence-corrected chi connectivity index (χ1v) is 9.63. The van der Waals surface area contributed by atoms with E-state index in [4.69, 9.17) is 15.6 Å². The van der Waals surface area contributed by atoms with Crippen LogP contribution in [0, 0.1) is 11.7 Å². The average Bonchev–Trinajstić information content (AvgIpc) is 3.03. The molecule has 1 aromatic heterocycles. The lowest BCUT2D eigenvalue weighted by molar-refractivity contribution is 0.143. The Morgan fingerprint density at radius 3 is 2.97 bits per heavy atom. The number of nitrogens with zero attached hydrogens (tertiary/aromatic N) is 2. The molecule has 3 heterocycles. The van der Waals surface area contributed by atoms with E-state index >= 15 is 4.39 Å². The quantitative estimate of drug-likeness (QED) is 0.728. The van der Waals surface area contributed by atoms with Crippen LogP contribution in [-0.4, -0.2) is 41.1 Å². The van der Waals surface area contributed by atoms with E-state index in [1.54, 1.807) is 4.57 Å². The van der Waals surface area contributed by atoms with E-state index in [0.29, 0.717) is 18.6 Å². The molecule has 2 unspecified atom stereocenters. The molecule has 30 heavy (non-hydrogen) atoms. The van der Waals surface area contributed by atoms with Gasteiger partial charge in [0.05, 0.1) is 28.7 Å². The number of allylic oxidation sites excluding steroid dienone is 2. The Kier molecular flexibility index (Phi) is 3.94. The van der Waals surface area contributed by atoms with Gasteiger partial charge in [0.1, 0.15) is 12.3 Å². The zero-order chi connectivity index (χ0) is 21.2. The Labute approximate surface area is 170 Å². The molecule has 0 bridgehead atoms. The minimum absolute atomic E-state index is 0.00965. The summed E-state index contributed by atoms with van der Waals surface area (Å²) in [5, 5.41) is 8.94. The summed E-state index contributed by atoms with van der Waals surface area (Å²) < 4.78 is 27.6. The van der Waals surface area contributed by atoms with Crippen LogP contribution in [0.15, 0.2) is 41.4 Å². The van der Waals surface area contributed by atoms with E-state index in [-0.39, 0.29) is 41.1 Å². The van der Waals surface area contributed by atoms with Crippen LogP contribution in [-0.2, 0) is 0 Å². The van der Waals surface area contributed by atoms with Gasteiger partial charge in [0.2, 0.25) is 5.43 Å². The molecule has 0 amide bonds. The van der Waals surface area contributed by atoms with Gasteiger partial charge in [0, 0.05) is 19.0 Å². The van der Waals surface area contributed by atoms with Crippen molar-refractivity contribution in [1.29, 1.82) is 0 Å². The van der Waals surface area contributed by atoms with Gasteiger partial charge in [0.25, 0.3) is 0 Å². The van der Waals surface area contributed by atoms with Crippen LogP contribution in [0.4, 0.5) is 14.9 Å². The van der Waals surface area contributed by atoms with Gasteiger partial charge >= 0.3 is 6.16 Å². The standard InChI is InChI=1S/C21H20FN3O5/c1-11-9-29-19-16-13(18(26)15(8-25(11)16)30-20(27)28)6-14(22)17(19)24-7-12-4-2-3-5-21(12,23)10-24/h2-6,8,11-12H,7,9-10,23H2,1H3,(H,27,28)/t11-,12?,21?/m0/s1. The molecule has 3 atom stereocenters. The second kappa shape index (κ2) is 6.33. The van der Waals surface area contributed by atoms with Gasteiger partial charge in [-0.05, 0) is 13.0 Å². The van der Waals surface area contributed by atoms with Gasteiger partial charge in [-0.1, -0.05) is 24.3 Å². The lowest BCUT2D eigenvalue weighted by Crippen LogP contribution is -2.46. The SMILES string of the molecule is C[C@H]1COc2c(N3CC4C=CC=CC4(N)C3)c(F)cc3c(=O)c(OC(=O)O)cn1c23. The molecule has 1 aliphatic carbocycles. The van der Waals surface area contributed by atoms with Gasteiger partial charge in [0.15, 0.2) is 17.3 Å². The number of hydrogen-bond acceptors (Lipinski definition) is 6. The van der Waals surface area contributed by atoms with Gasteiger partial charge in [-0.25, -0.2) is 9.18 Å². The number of anilines is 1. The molecule has 156 valence electrons. The van der Waals surface area contributed by atoms with E-state index in [1.165, 1.54) is 6.20 Å². The summed E-state index contributed by atoms with van der Waals surface area (Å²) in [6, 6.07) is 0.919. The molecule has 1 aromatic carbocycles. The summed E-state index contributed by atoms with van der Waals surface area (Å²) in [7, 11) is 0. The highest BCUT2D eigenvalue weighted by Crippen LogP contribution is 2.45. The van der Waals surface area contributed by atoms with Crippen LogP contribution in [0.3, 0.4) is 0 Å². The first-order chi connectivity index (χ1) is 14.3. The summed E-state index contributed by atoms with van der Waals surface area (Å²) in [5.74, 6) is -0.707. The number of ether oxygens (including phenoxy) is 2. The summed E-state index contributed by atoms with van der Waals surface area (Å²) in [6.45, 7) is 3.00. The molecule has 2 aliphatic heterocycles. The first kappa shape index (κ1) is 18.7. The maximum absolute atomic E-state index is 15.3. The van der Waals surface area contributed by atoms with E-state index in [1.807, 2.05) is 36.1 Å². The fraction of sp³-hybridized carbons (Fsp3) is 0.333. The number of halogens is 1. The molecule has 1 fully saturated rings. The maximum atomic E-state index is 15.3. The zero-order valence-electron chi connectivity index (χ0n) is 16.2. The van der Waals surface area contributed by atoms with Crippen LogP contribution >= 0.6 is 0 Å². The highest BCUT2D eigenvalue weighted by atomic mass is 19.1. The number of nitrogens with two attached hydrogens (primary N) is 1. The highest BCUT2D eigenvalue weighted by Gasteiger charge is 2.43. The highest BCUT2D eigenvalue weighted by molar-refractivity contribution is 5.93. The molecule has 1 saturated heterocycles. The third-order valence-corrected chi connectivity index (χ3v) is 6.06. The predicted octanol–water partition coefficient (Wildman–Crippen LogP) is 2.41.